The van der Waals surface area contributed by atoms with Crippen molar-refractivity contribution in [3.8, 4) is 0 Å². The van der Waals surface area contributed by atoms with Gasteiger partial charge >= 0.3 is 0 Å². The van der Waals surface area contributed by atoms with Gasteiger partial charge in [0.15, 0.2) is 9.84 Å². The smallest absolute Gasteiger partial charge is 0.175 e. The zero-order valence-corrected chi connectivity index (χ0v) is 15.1. The fourth-order valence-electron chi connectivity index (χ4n) is 2.59. The molecule has 0 saturated heterocycles. The molecule has 1 aromatic heterocycles. The van der Waals surface area contributed by atoms with Gasteiger partial charge in [0.25, 0.3) is 0 Å². The minimum absolute atomic E-state index is 0.0635. The Morgan fingerprint density at radius 2 is 1.76 bits per heavy atom. The van der Waals surface area contributed by atoms with Crippen molar-refractivity contribution in [2.24, 2.45) is 0 Å². The Morgan fingerprint density at radius 1 is 1.08 bits per heavy atom. The first-order valence-electron chi connectivity index (χ1n) is 8.05. The van der Waals surface area contributed by atoms with Gasteiger partial charge < -0.3 is 5.32 Å². The van der Waals surface area contributed by atoms with Gasteiger partial charge in [-0.25, -0.2) is 8.42 Å². The lowest BCUT2D eigenvalue weighted by molar-refractivity contribution is 0.602. The molecule has 0 radical (unpaired) electrons. The van der Waals surface area contributed by atoms with Crippen molar-refractivity contribution >= 4 is 15.5 Å². The Hall–Kier alpha value is -2.60. The van der Waals surface area contributed by atoms with Crippen molar-refractivity contribution in [2.45, 2.75) is 24.4 Å². The van der Waals surface area contributed by atoms with Crippen molar-refractivity contribution in [3.05, 3.63) is 78.1 Å². The lowest BCUT2D eigenvalue weighted by Crippen LogP contribution is -2.06. The Balaban J connectivity index is 1.66. The molecule has 25 heavy (non-hydrogen) atoms. The maximum atomic E-state index is 11.5. The number of aromatic nitrogens is 2. The molecular formula is C19H21N3O2S. The number of rotatable bonds is 6. The van der Waals surface area contributed by atoms with Crippen LogP contribution in [-0.2, 0) is 16.4 Å². The second-order valence-corrected chi connectivity index (χ2v) is 8.14. The van der Waals surface area contributed by atoms with Gasteiger partial charge in [0.05, 0.1) is 23.7 Å². The van der Waals surface area contributed by atoms with Gasteiger partial charge in [-0.15, -0.1) is 0 Å². The maximum absolute atomic E-state index is 11.5. The van der Waals surface area contributed by atoms with Gasteiger partial charge in [0.1, 0.15) is 0 Å². The predicted octanol–water partition coefficient (Wildman–Crippen LogP) is 3.51. The van der Waals surface area contributed by atoms with Crippen LogP contribution in [0, 0.1) is 0 Å². The molecule has 0 bridgehead atoms. The lowest BCUT2D eigenvalue weighted by Gasteiger charge is -2.14. The van der Waals surface area contributed by atoms with Gasteiger partial charge in [-0.2, -0.15) is 5.10 Å². The molecule has 1 unspecified atom stereocenters. The highest BCUT2D eigenvalue weighted by Crippen LogP contribution is 2.20. The molecule has 1 heterocycles. The van der Waals surface area contributed by atoms with Crippen LogP contribution in [0.2, 0.25) is 0 Å². The number of nitrogens with zero attached hydrogens (tertiary/aromatic N) is 2. The van der Waals surface area contributed by atoms with Crippen LogP contribution in [0.4, 0.5) is 5.69 Å². The molecule has 0 aliphatic heterocycles. The summed E-state index contributed by atoms with van der Waals surface area (Å²) in [6.07, 6.45) is 5.08. The zero-order valence-electron chi connectivity index (χ0n) is 14.3. The van der Waals surface area contributed by atoms with Crippen LogP contribution >= 0.6 is 0 Å². The van der Waals surface area contributed by atoms with Crippen LogP contribution in [-0.4, -0.2) is 24.5 Å². The Bertz CT molecular complexity index is 932. The summed E-state index contributed by atoms with van der Waals surface area (Å²) in [4.78, 5) is 0.321. The number of sulfone groups is 1. The van der Waals surface area contributed by atoms with Crippen molar-refractivity contribution in [1.29, 1.82) is 0 Å². The summed E-state index contributed by atoms with van der Waals surface area (Å²) < 4.78 is 24.9. The molecule has 0 spiro atoms. The summed E-state index contributed by atoms with van der Waals surface area (Å²) in [5.41, 5.74) is 3.15. The van der Waals surface area contributed by atoms with Gasteiger partial charge in [-0.1, -0.05) is 30.3 Å². The molecule has 1 N–H and O–H groups in total. The number of anilines is 1. The van der Waals surface area contributed by atoms with Crippen molar-refractivity contribution in [1.82, 2.24) is 9.78 Å². The summed E-state index contributed by atoms with van der Waals surface area (Å²) in [5.74, 6) is 0. The Morgan fingerprint density at radius 3 is 2.40 bits per heavy atom. The average molecular weight is 355 g/mol. The number of hydrogen-bond acceptors (Lipinski definition) is 4. The third-order valence-corrected chi connectivity index (χ3v) is 5.13. The third-order valence-electron chi connectivity index (χ3n) is 4.01. The zero-order chi connectivity index (χ0) is 17.9. The van der Waals surface area contributed by atoms with E-state index in [0.717, 1.165) is 17.8 Å². The molecule has 3 aromatic rings. The lowest BCUT2D eigenvalue weighted by atomic mass is 10.2. The maximum Gasteiger partial charge on any atom is 0.175 e. The van der Waals surface area contributed by atoms with E-state index >= 15 is 0 Å². The topological polar surface area (TPSA) is 64.0 Å². The molecule has 0 saturated carbocycles. The van der Waals surface area contributed by atoms with Crippen molar-refractivity contribution < 1.29 is 8.42 Å². The molecule has 0 aliphatic carbocycles. The molecule has 1 atom stereocenters. The van der Waals surface area contributed by atoms with E-state index in [2.05, 4.69) is 22.5 Å². The molecular weight excluding hydrogens is 334 g/mol. The first-order chi connectivity index (χ1) is 11.9. The largest absolute Gasteiger partial charge is 0.378 e. The molecule has 130 valence electrons. The normalized spacial score (nSPS) is 12.7. The fourth-order valence-corrected chi connectivity index (χ4v) is 3.22. The highest BCUT2D eigenvalue weighted by atomic mass is 32.2. The number of benzene rings is 2. The summed E-state index contributed by atoms with van der Waals surface area (Å²) in [6.45, 7) is 2.78. The molecule has 6 heteroatoms. The van der Waals surface area contributed by atoms with Crippen LogP contribution in [0.25, 0.3) is 0 Å². The van der Waals surface area contributed by atoms with Gasteiger partial charge in [0, 0.05) is 23.7 Å². The van der Waals surface area contributed by atoms with E-state index in [1.165, 1.54) is 11.8 Å². The Kier molecular flexibility index (Phi) is 4.90. The molecule has 0 aliphatic rings. The standard InChI is InChI=1S/C19H21N3O2S/c1-15(21-18-8-10-19(11-9-18)25(2,23)24)17-12-20-22(14-17)13-16-6-4-3-5-7-16/h3-12,14-15,21H,13H2,1-2H3. The van der Waals surface area contributed by atoms with Crippen LogP contribution in [0.1, 0.15) is 24.1 Å². The molecule has 0 amide bonds. The molecule has 2 aromatic carbocycles. The monoisotopic (exact) mass is 355 g/mol. The average Bonchev–Trinajstić information content (AvgIpc) is 3.04. The van der Waals surface area contributed by atoms with E-state index in [1.54, 1.807) is 24.3 Å². The minimum Gasteiger partial charge on any atom is -0.378 e. The number of nitrogens with one attached hydrogen (secondary N) is 1. The van der Waals surface area contributed by atoms with Crippen LogP contribution in [0.15, 0.2) is 71.9 Å². The molecule has 3 rings (SSSR count). The van der Waals surface area contributed by atoms with E-state index in [0.29, 0.717) is 4.90 Å². The first-order valence-corrected chi connectivity index (χ1v) is 9.94. The minimum atomic E-state index is -3.17. The van der Waals surface area contributed by atoms with Crippen molar-refractivity contribution in [2.75, 3.05) is 11.6 Å². The Labute approximate surface area is 148 Å². The second-order valence-electron chi connectivity index (χ2n) is 6.12. The van der Waals surface area contributed by atoms with E-state index in [9.17, 15) is 8.42 Å². The van der Waals surface area contributed by atoms with Crippen LogP contribution < -0.4 is 5.32 Å². The van der Waals surface area contributed by atoms with Crippen molar-refractivity contribution in [3.63, 3.8) is 0 Å². The van der Waals surface area contributed by atoms with Crippen LogP contribution in [0.5, 0.6) is 0 Å². The summed E-state index contributed by atoms with van der Waals surface area (Å²) in [6, 6.07) is 17.0. The molecule has 0 fully saturated rings. The van der Waals surface area contributed by atoms with E-state index in [1.807, 2.05) is 42.2 Å². The van der Waals surface area contributed by atoms with Crippen LogP contribution in [0.3, 0.4) is 0 Å². The first kappa shape index (κ1) is 17.2. The van der Waals surface area contributed by atoms with Gasteiger partial charge in [0.2, 0.25) is 0 Å². The van der Waals surface area contributed by atoms with Gasteiger partial charge in [-0.05, 0) is 36.8 Å². The summed E-state index contributed by atoms with van der Waals surface area (Å²) >= 11 is 0. The third kappa shape index (κ3) is 4.48. The van der Waals surface area contributed by atoms with E-state index in [-0.39, 0.29) is 6.04 Å². The second kappa shape index (κ2) is 7.11. The highest BCUT2D eigenvalue weighted by molar-refractivity contribution is 7.90. The fraction of sp³-hybridized carbons (Fsp3) is 0.211. The van der Waals surface area contributed by atoms with E-state index < -0.39 is 9.84 Å². The van der Waals surface area contributed by atoms with Gasteiger partial charge in [-0.3, -0.25) is 4.68 Å². The predicted molar refractivity (Wildman–Crippen MR) is 99.4 cm³/mol. The molecule has 5 nitrogen and oxygen atoms in total. The number of hydrogen-bond donors (Lipinski definition) is 1. The highest BCUT2D eigenvalue weighted by Gasteiger charge is 2.10. The SMILES string of the molecule is CC(Nc1ccc(S(C)(=O)=O)cc1)c1cnn(Cc2ccccc2)c1. The quantitative estimate of drug-likeness (QED) is 0.735. The van der Waals surface area contributed by atoms with E-state index in [4.69, 9.17) is 0 Å². The summed E-state index contributed by atoms with van der Waals surface area (Å²) in [7, 11) is -3.17. The summed E-state index contributed by atoms with van der Waals surface area (Å²) in [5, 5.41) is 7.78.